The van der Waals surface area contributed by atoms with Crippen LogP contribution >= 0.6 is 23.1 Å². The number of hydrogen-bond donors (Lipinski definition) is 1. The van der Waals surface area contributed by atoms with Crippen molar-refractivity contribution in [1.29, 1.82) is 0 Å². The molecule has 0 unspecified atom stereocenters. The van der Waals surface area contributed by atoms with Crippen molar-refractivity contribution in [1.82, 2.24) is 5.32 Å². The van der Waals surface area contributed by atoms with Crippen LogP contribution in [0.4, 0.5) is 0 Å². The van der Waals surface area contributed by atoms with E-state index in [1.54, 1.807) is 48.9 Å². The molecular formula is C15H12N2O4S3. The minimum atomic E-state index is -3.80. The number of nitrogens with zero attached hydrogens (tertiary/aromatic N) is 1. The first-order chi connectivity index (χ1) is 11.5. The zero-order valence-electron chi connectivity index (χ0n) is 12.4. The Balaban J connectivity index is 1.83. The van der Waals surface area contributed by atoms with Gasteiger partial charge in [-0.3, -0.25) is 10.1 Å². The van der Waals surface area contributed by atoms with E-state index in [0.717, 1.165) is 28.7 Å². The second-order valence-electron chi connectivity index (χ2n) is 4.64. The molecule has 0 atom stereocenters. The molecule has 2 aromatic rings. The lowest BCUT2D eigenvalue weighted by Gasteiger charge is -1.99. The van der Waals surface area contributed by atoms with Crippen LogP contribution in [-0.2, 0) is 14.8 Å². The highest BCUT2D eigenvalue weighted by molar-refractivity contribution is 8.19. The Morgan fingerprint density at radius 1 is 1.21 bits per heavy atom. The fourth-order valence-electron chi connectivity index (χ4n) is 1.89. The Hall–Kier alpha value is -2.10. The number of rotatable bonds is 4. The van der Waals surface area contributed by atoms with Crippen LogP contribution in [0.15, 0.2) is 55.3 Å². The van der Waals surface area contributed by atoms with E-state index in [1.165, 1.54) is 6.07 Å². The van der Waals surface area contributed by atoms with Crippen LogP contribution in [0.5, 0.6) is 5.75 Å². The van der Waals surface area contributed by atoms with E-state index in [4.69, 9.17) is 4.74 Å². The molecule has 1 N–H and O–H groups in total. The molecule has 124 valence electrons. The highest BCUT2D eigenvalue weighted by atomic mass is 32.2. The normalized spacial score (nSPS) is 18.1. The van der Waals surface area contributed by atoms with E-state index in [1.807, 2.05) is 0 Å². The number of methoxy groups -OCH3 is 1. The van der Waals surface area contributed by atoms with Crippen molar-refractivity contribution in [2.75, 3.05) is 7.11 Å². The van der Waals surface area contributed by atoms with Crippen LogP contribution in [-0.4, -0.2) is 26.6 Å². The number of hydrogen-bond acceptors (Lipinski definition) is 6. The smallest absolute Gasteiger partial charge is 0.294 e. The lowest BCUT2D eigenvalue weighted by Crippen LogP contribution is -2.20. The van der Waals surface area contributed by atoms with Crippen LogP contribution in [0.25, 0.3) is 6.08 Å². The van der Waals surface area contributed by atoms with Crippen LogP contribution in [0.2, 0.25) is 0 Å². The third-order valence-electron chi connectivity index (χ3n) is 3.02. The maximum Gasteiger partial charge on any atom is 0.294 e. The van der Waals surface area contributed by atoms with E-state index in [-0.39, 0.29) is 15.3 Å². The first-order valence-electron chi connectivity index (χ1n) is 6.71. The molecule has 2 heterocycles. The number of ether oxygens (including phenoxy) is 1. The van der Waals surface area contributed by atoms with Crippen molar-refractivity contribution in [3.8, 4) is 5.75 Å². The Morgan fingerprint density at radius 2 is 1.96 bits per heavy atom. The quantitative estimate of drug-likeness (QED) is 0.825. The van der Waals surface area contributed by atoms with Gasteiger partial charge < -0.3 is 4.74 Å². The van der Waals surface area contributed by atoms with Crippen LogP contribution in [0.3, 0.4) is 0 Å². The summed E-state index contributed by atoms with van der Waals surface area (Å²) in [6.45, 7) is 0. The molecule has 0 radical (unpaired) electrons. The number of amidine groups is 1. The van der Waals surface area contributed by atoms with Crippen LogP contribution in [0, 0.1) is 0 Å². The van der Waals surface area contributed by atoms with E-state index >= 15 is 0 Å². The summed E-state index contributed by atoms with van der Waals surface area (Å²) in [7, 11) is -2.23. The minimum Gasteiger partial charge on any atom is -0.497 e. The molecule has 1 amide bonds. The second kappa shape index (κ2) is 6.80. The molecule has 0 bridgehead atoms. The lowest BCUT2D eigenvalue weighted by atomic mass is 10.2. The summed E-state index contributed by atoms with van der Waals surface area (Å²) in [6, 6.07) is 10.3. The summed E-state index contributed by atoms with van der Waals surface area (Å²) < 4.78 is 33.1. The molecule has 6 nitrogen and oxygen atoms in total. The predicted octanol–water partition coefficient (Wildman–Crippen LogP) is 2.71. The monoisotopic (exact) mass is 380 g/mol. The largest absolute Gasteiger partial charge is 0.497 e. The number of thioether (sulfide) groups is 1. The standard InChI is InChI=1S/C15H12N2O4S3/c1-21-11-6-4-10(5-7-11)9-12-14(18)16-15(23-12)17-24(19,20)13-3-2-8-22-13/h2-9H,1H3,(H,16,17,18)/b12-9-. The maximum atomic E-state index is 12.1. The maximum absolute atomic E-state index is 12.1. The number of nitrogens with one attached hydrogen (secondary N) is 1. The van der Waals surface area contributed by atoms with Gasteiger partial charge in [0.2, 0.25) is 0 Å². The number of carbonyl (C=O) groups is 1. The van der Waals surface area contributed by atoms with Gasteiger partial charge in [0.05, 0.1) is 12.0 Å². The number of thiophene rings is 1. The minimum absolute atomic E-state index is 0.0492. The Bertz CT molecular complexity index is 914. The van der Waals surface area contributed by atoms with Gasteiger partial charge in [0.25, 0.3) is 15.9 Å². The average Bonchev–Trinajstić information content (AvgIpc) is 3.19. The third-order valence-corrected chi connectivity index (χ3v) is 6.69. The van der Waals surface area contributed by atoms with Crippen LogP contribution < -0.4 is 10.1 Å². The van der Waals surface area contributed by atoms with Gasteiger partial charge >= 0.3 is 0 Å². The van der Waals surface area contributed by atoms with Crippen molar-refractivity contribution in [3.05, 3.63) is 52.2 Å². The van der Waals surface area contributed by atoms with E-state index < -0.39 is 10.0 Å². The summed E-state index contributed by atoms with van der Waals surface area (Å²) in [4.78, 5) is 12.4. The van der Waals surface area contributed by atoms with Crippen molar-refractivity contribution in [2.24, 2.45) is 4.40 Å². The molecule has 3 rings (SSSR count). The van der Waals surface area contributed by atoms with Gasteiger partial charge in [-0.15, -0.1) is 15.7 Å². The predicted molar refractivity (Wildman–Crippen MR) is 95.6 cm³/mol. The fourth-order valence-corrected chi connectivity index (χ4v) is 4.84. The Morgan fingerprint density at radius 3 is 2.58 bits per heavy atom. The number of carbonyl (C=O) groups excluding carboxylic acids is 1. The van der Waals surface area contributed by atoms with Crippen molar-refractivity contribution in [2.45, 2.75) is 4.21 Å². The van der Waals surface area contributed by atoms with E-state index in [0.29, 0.717) is 10.7 Å². The molecular weight excluding hydrogens is 368 g/mol. The van der Waals surface area contributed by atoms with Crippen molar-refractivity contribution < 1.29 is 17.9 Å². The lowest BCUT2D eigenvalue weighted by molar-refractivity contribution is -0.115. The molecule has 24 heavy (non-hydrogen) atoms. The van der Waals surface area contributed by atoms with Gasteiger partial charge in [-0.1, -0.05) is 18.2 Å². The first kappa shape index (κ1) is 16.7. The highest BCUT2D eigenvalue weighted by Gasteiger charge is 2.26. The summed E-state index contributed by atoms with van der Waals surface area (Å²) in [5.41, 5.74) is 0.802. The average molecular weight is 380 g/mol. The molecule has 1 aromatic heterocycles. The van der Waals surface area contributed by atoms with Crippen molar-refractivity contribution in [3.63, 3.8) is 0 Å². The van der Waals surface area contributed by atoms with Crippen molar-refractivity contribution >= 4 is 50.3 Å². The van der Waals surface area contributed by atoms with Gasteiger partial charge in [0, 0.05) is 0 Å². The van der Waals surface area contributed by atoms with Gasteiger partial charge in [-0.25, -0.2) is 0 Å². The molecule has 9 heteroatoms. The Labute approximate surface area is 147 Å². The zero-order chi connectivity index (χ0) is 17.2. The number of benzene rings is 1. The number of amides is 1. The highest BCUT2D eigenvalue weighted by Crippen LogP contribution is 2.28. The van der Waals surface area contributed by atoms with Gasteiger partial charge in [-0.05, 0) is 47.0 Å². The molecule has 1 saturated heterocycles. The topological polar surface area (TPSA) is 84.8 Å². The third kappa shape index (κ3) is 3.69. The molecule has 0 saturated carbocycles. The number of sulfonamides is 1. The fraction of sp³-hybridized carbons (Fsp3) is 0.0667. The summed E-state index contributed by atoms with van der Waals surface area (Å²) in [5.74, 6) is 0.334. The molecule has 1 aromatic carbocycles. The molecule has 0 aliphatic carbocycles. The Kier molecular flexibility index (Phi) is 4.74. The van der Waals surface area contributed by atoms with E-state index in [9.17, 15) is 13.2 Å². The summed E-state index contributed by atoms with van der Waals surface area (Å²) in [5, 5.41) is 4.18. The van der Waals surface area contributed by atoms with Crippen LogP contribution in [0.1, 0.15) is 5.56 Å². The SMILES string of the molecule is COc1ccc(/C=C2\S/C(=N\S(=O)(=O)c3cccs3)NC2=O)cc1. The second-order valence-corrected chi connectivity index (χ2v) is 8.45. The molecule has 0 spiro atoms. The molecule has 1 fully saturated rings. The van der Waals surface area contributed by atoms with Gasteiger partial charge in [-0.2, -0.15) is 8.42 Å². The van der Waals surface area contributed by atoms with E-state index in [2.05, 4.69) is 9.71 Å². The molecule has 1 aliphatic heterocycles. The first-order valence-corrected chi connectivity index (χ1v) is 9.85. The summed E-state index contributed by atoms with van der Waals surface area (Å²) in [6.07, 6.45) is 1.67. The zero-order valence-corrected chi connectivity index (χ0v) is 14.9. The molecule has 1 aliphatic rings. The summed E-state index contributed by atoms with van der Waals surface area (Å²) >= 11 is 2.07. The van der Waals surface area contributed by atoms with Gasteiger partial charge in [0.1, 0.15) is 9.96 Å². The van der Waals surface area contributed by atoms with Gasteiger partial charge in [0.15, 0.2) is 5.17 Å².